The molecule has 0 spiro atoms. The number of piperidine rings is 1. The minimum atomic E-state index is -4.72. The average Bonchev–Trinajstić information content (AvgIpc) is 3.52. The van der Waals surface area contributed by atoms with Gasteiger partial charge in [0, 0.05) is 54.1 Å². The maximum absolute atomic E-state index is 12.7. The van der Waals surface area contributed by atoms with Gasteiger partial charge in [0.15, 0.2) is 0 Å². The number of ether oxygens (including phenoxy) is 1. The van der Waals surface area contributed by atoms with Crippen LogP contribution < -0.4 is 9.64 Å². The summed E-state index contributed by atoms with van der Waals surface area (Å²) >= 11 is 0. The molecule has 0 unspecified atom stereocenters. The second-order valence-electron chi connectivity index (χ2n) is 9.84. The summed E-state index contributed by atoms with van der Waals surface area (Å²) in [4.78, 5) is 15.4. The summed E-state index contributed by atoms with van der Waals surface area (Å²) in [7, 11) is 0. The van der Waals surface area contributed by atoms with Gasteiger partial charge in [0.25, 0.3) is 0 Å². The molecule has 194 valence electrons. The molecule has 1 aliphatic carbocycles. The number of pyridine rings is 1. The van der Waals surface area contributed by atoms with E-state index < -0.39 is 6.36 Å². The fourth-order valence-corrected chi connectivity index (χ4v) is 5.51. The highest BCUT2D eigenvalue weighted by atomic mass is 19.4. The van der Waals surface area contributed by atoms with E-state index in [1.54, 1.807) is 12.1 Å². The first kappa shape index (κ1) is 24.3. The Morgan fingerprint density at radius 3 is 2.50 bits per heavy atom. The molecule has 0 saturated carbocycles. The van der Waals surface area contributed by atoms with Crippen LogP contribution in [0.4, 0.5) is 18.9 Å². The van der Waals surface area contributed by atoms with Crippen molar-refractivity contribution in [2.75, 3.05) is 18.0 Å². The Kier molecular flexibility index (Phi) is 6.18. The summed E-state index contributed by atoms with van der Waals surface area (Å²) in [6.07, 6.45) is 1.69. The first-order valence-corrected chi connectivity index (χ1v) is 12.8. The molecule has 1 aliphatic heterocycles. The van der Waals surface area contributed by atoms with E-state index in [1.807, 2.05) is 30.5 Å². The summed E-state index contributed by atoms with van der Waals surface area (Å²) in [5.41, 5.74) is 7.96. The van der Waals surface area contributed by atoms with E-state index in [2.05, 4.69) is 44.7 Å². The van der Waals surface area contributed by atoms with Gasteiger partial charge in [-0.15, -0.1) is 13.2 Å². The maximum atomic E-state index is 12.7. The number of halogens is 3. The number of aromatic amines is 1. The molecule has 6 rings (SSSR count). The number of aromatic nitrogens is 3. The molecule has 0 radical (unpaired) electrons. The van der Waals surface area contributed by atoms with E-state index in [4.69, 9.17) is 4.98 Å². The monoisotopic (exact) mass is 516 g/mol. The summed E-state index contributed by atoms with van der Waals surface area (Å²) in [5.74, 6) is 1.19. The highest BCUT2D eigenvalue weighted by Gasteiger charge is 2.31. The van der Waals surface area contributed by atoms with Gasteiger partial charge in [-0.05, 0) is 55.2 Å². The number of rotatable bonds is 5. The number of allylic oxidation sites excluding steroid dienone is 1. The molecule has 5 nitrogen and oxygen atoms in total. The maximum Gasteiger partial charge on any atom is 0.573 e. The third-order valence-electron chi connectivity index (χ3n) is 7.34. The van der Waals surface area contributed by atoms with Crippen LogP contribution >= 0.6 is 0 Å². The van der Waals surface area contributed by atoms with Crippen molar-refractivity contribution in [3.05, 3.63) is 95.2 Å². The van der Waals surface area contributed by atoms with E-state index in [9.17, 15) is 13.2 Å². The van der Waals surface area contributed by atoms with Crippen molar-refractivity contribution in [2.45, 2.75) is 38.5 Å². The van der Waals surface area contributed by atoms with Crippen molar-refractivity contribution in [3.63, 3.8) is 0 Å². The lowest BCUT2D eigenvalue weighted by molar-refractivity contribution is -0.274. The van der Waals surface area contributed by atoms with E-state index in [1.165, 1.54) is 12.1 Å². The molecular formula is C30H27F3N4O. The van der Waals surface area contributed by atoms with Crippen LogP contribution in [-0.4, -0.2) is 34.4 Å². The Bertz CT molecular complexity index is 1490. The highest BCUT2D eigenvalue weighted by molar-refractivity contribution is 5.92. The molecule has 2 aliphatic rings. The van der Waals surface area contributed by atoms with Gasteiger partial charge >= 0.3 is 6.36 Å². The van der Waals surface area contributed by atoms with Crippen LogP contribution in [0.15, 0.2) is 66.9 Å². The minimum Gasteiger partial charge on any atom is -0.406 e. The van der Waals surface area contributed by atoms with Gasteiger partial charge in [-0.3, -0.25) is 4.98 Å². The predicted molar refractivity (Wildman–Crippen MR) is 142 cm³/mol. The summed E-state index contributed by atoms with van der Waals surface area (Å²) in [5, 5.41) is 0. The number of hydrogen-bond donors (Lipinski definition) is 1. The fraction of sp³-hybridized carbons (Fsp3) is 0.267. The molecule has 2 aromatic carbocycles. The van der Waals surface area contributed by atoms with Crippen LogP contribution in [-0.2, 0) is 6.42 Å². The van der Waals surface area contributed by atoms with Gasteiger partial charge in [-0.1, -0.05) is 42.5 Å². The van der Waals surface area contributed by atoms with E-state index >= 15 is 0 Å². The van der Waals surface area contributed by atoms with E-state index in [0.29, 0.717) is 17.9 Å². The van der Waals surface area contributed by atoms with Crippen LogP contribution in [0.1, 0.15) is 47.1 Å². The lowest BCUT2D eigenvalue weighted by atomic mass is 9.95. The second kappa shape index (κ2) is 9.67. The SMILES string of the molecule is Cc1[nH]c(C2CCN(c3ccnc4c3C=C(c3cccc(OC(F)(F)F)c3)C4)CC2)nc1-c1ccccc1. The first-order chi connectivity index (χ1) is 18.3. The van der Waals surface area contributed by atoms with Gasteiger partial charge < -0.3 is 14.6 Å². The van der Waals surface area contributed by atoms with Crippen LogP contribution in [0.25, 0.3) is 22.9 Å². The van der Waals surface area contributed by atoms with Crippen molar-refractivity contribution in [2.24, 2.45) is 0 Å². The standard InChI is InChI=1S/C30H27F3N4O/c1-19-28(20-6-3-2-4-7-20)36-29(35-19)21-11-14-37(15-12-21)27-10-13-34-26-18-23(17-25(26)27)22-8-5-9-24(16-22)38-30(31,32)33/h2-10,13,16-17,21H,11-12,14-15,18H2,1H3,(H,35,36). The molecule has 1 saturated heterocycles. The molecule has 2 aromatic heterocycles. The van der Waals surface area contributed by atoms with Gasteiger partial charge in [-0.2, -0.15) is 0 Å². The molecule has 0 amide bonds. The normalized spacial score (nSPS) is 15.9. The Labute approximate surface area is 219 Å². The predicted octanol–water partition coefficient (Wildman–Crippen LogP) is 7.16. The second-order valence-corrected chi connectivity index (χ2v) is 9.84. The van der Waals surface area contributed by atoms with Crippen LogP contribution in [0.2, 0.25) is 0 Å². The molecule has 0 bridgehead atoms. The zero-order valence-corrected chi connectivity index (χ0v) is 20.9. The molecule has 4 aromatic rings. The molecule has 1 N–H and O–H groups in total. The number of alkyl halides is 3. The third kappa shape index (κ3) is 4.90. The van der Waals surface area contributed by atoms with Crippen molar-refractivity contribution < 1.29 is 17.9 Å². The average molecular weight is 517 g/mol. The number of nitrogens with one attached hydrogen (secondary N) is 1. The smallest absolute Gasteiger partial charge is 0.406 e. The molecule has 0 atom stereocenters. The summed E-state index contributed by atoms with van der Waals surface area (Å²) < 4.78 is 42.2. The number of aryl methyl sites for hydroxylation is 1. The highest BCUT2D eigenvalue weighted by Crippen LogP contribution is 2.39. The zero-order chi connectivity index (χ0) is 26.3. The Morgan fingerprint density at radius 2 is 1.74 bits per heavy atom. The summed E-state index contributed by atoms with van der Waals surface area (Å²) in [6, 6.07) is 18.4. The molecule has 8 heteroatoms. The fourth-order valence-electron chi connectivity index (χ4n) is 5.51. The van der Waals surface area contributed by atoms with Crippen LogP contribution in [0.3, 0.4) is 0 Å². The van der Waals surface area contributed by atoms with Crippen molar-refractivity contribution in [1.29, 1.82) is 0 Å². The zero-order valence-electron chi connectivity index (χ0n) is 20.9. The van der Waals surface area contributed by atoms with Gasteiger partial charge in [0.05, 0.1) is 11.4 Å². The van der Waals surface area contributed by atoms with Gasteiger partial charge in [0.2, 0.25) is 0 Å². The number of fused-ring (bicyclic) bond motifs is 1. The van der Waals surface area contributed by atoms with Gasteiger partial charge in [-0.25, -0.2) is 4.98 Å². The third-order valence-corrected chi connectivity index (χ3v) is 7.34. The van der Waals surface area contributed by atoms with Crippen LogP contribution in [0, 0.1) is 6.92 Å². The number of imidazole rings is 1. The number of H-pyrrole nitrogens is 1. The van der Waals surface area contributed by atoms with E-state index in [0.717, 1.165) is 71.2 Å². The van der Waals surface area contributed by atoms with Crippen molar-refractivity contribution in [1.82, 2.24) is 15.0 Å². The lowest BCUT2D eigenvalue weighted by Crippen LogP contribution is -2.33. The number of hydrogen-bond acceptors (Lipinski definition) is 4. The molecule has 38 heavy (non-hydrogen) atoms. The topological polar surface area (TPSA) is 54.0 Å². The lowest BCUT2D eigenvalue weighted by Gasteiger charge is -2.33. The van der Waals surface area contributed by atoms with Crippen molar-refractivity contribution in [3.8, 4) is 17.0 Å². The molecule has 1 fully saturated rings. The first-order valence-electron chi connectivity index (χ1n) is 12.8. The Hall–Kier alpha value is -4.07. The Balaban J connectivity index is 1.18. The summed E-state index contributed by atoms with van der Waals surface area (Å²) in [6.45, 7) is 3.85. The number of benzene rings is 2. The molecule has 3 heterocycles. The Morgan fingerprint density at radius 1 is 0.974 bits per heavy atom. The van der Waals surface area contributed by atoms with Gasteiger partial charge in [0.1, 0.15) is 11.6 Å². The van der Waals surface area contributed by atoms with Crippen LogP contribution in [0.5, 0.6) is 5.75 Å². The largest absolute Gasteiger partial charge is 0.573 e. The molecular weight excluding hydrogens is 489 g/mol. The van der Waals surface area contributed by atoms with Crippen molar-refractivity contribution >= 4 is 17.3 Å². The minimum absolute atomic E-state index is 0.217. The van der Waals surface area contributed by atoms with E-state index in [-0.39, 0.29) is 5.75 Å². The quantitative estimate of drug-likeness (QED) is 0.306. The number of nitrogens with zero attached hydrogens (tertiary/aromatic N) is 3. The number of anilines is 1.